The number of benzene rings is 3. The molecule has 0 fully saturated rings. The van der Waals surface area contributed by atoms with Crippen molar-refractivity contribution in [3.05, 3.63) is 93.9 Å². The molecule has 206 valence electrons. The summed E-state index contributed by atoms with van der Waals surface area (Å²) in [6.07, 6.45) is 0.581. The average Bonchev–Trinajstić information content (AvgIpc) is 3.40. The van der Waals surface area contributed by atoms with Gasteiger partial charge in [-0.25, -0.2) is 13.1 Å². The lowest BCUT2D eigenvalue weighted by molar-refractivity contribution is 0.0841. The second-order valence-corrected chi connectivity index (χ2v) is 11.3. The van der Waals surface area contributed by atoms with Gasteiger partial charge in [0.2, 0.25) is 0 Å². The summed E-state index contributed by atoms with van der Waals surface area (Å²) in [4.78, 5) is 39.0. The Labute approximate surface area is 230 Å². The molecule has 11 nitrogen and oxygen atoms in total. The molecule has 0 spiro atoms. The van der Waals surface area contributed by atoms with E-state index in [-0.39, 0.29) is 40.0 Å². The number of nitrogens with zero attached hydrogens (tertiary/aromatic N) is 3. The zero-order valence-electron chi connectivity index (χ0n) is 22.0. The van der Waals surface area contributed by atoms with Crippen LogP contribution in [0.1, 0.15) is 46.3 Å². The van der Waals surface area contributed by atoms with E-state index in [1.54, 1.807) is 50.2 Å². The summed E-state index contributed by atoms with van der Waals surface area (Å²) in [5.41, 5.74) is 5.66. The Hall–Kier alpha value is -4.71. The fourth-order valence-electron chi connectivity index (χ4n) is 4.67. The number of aromatic nitrogens is 2. The summed E-state index contributed by atoms with van der Waals surface area (Å²) < 4.78 is 34.8. The quantitative estimate of drug-likeness (QED) is 0.345. The lowest BCUT2D eigenvalue weighted by Crippen LogP contribution is -2.43. The van der Waals surface area contributed by atoms with Crippen molar-refractivity contribution in [1.29, 1.82) is 0 Å². The van der Waals surface area contributed by atoms with E-state index in [9.17, 15) is 22.8 Å². The molecule has 4 aromatic rings. The minimum Gasteiger partial charge on any atom is -0.496 e. The lowest BCUT2D eigenvalue weighted by Gasteiger charge is -2.20. The molecule has 2 N–H and O–H groups in total. The fourth-order valence-corrected chi connectivity index (χ4v) is 6.20. The van der Waals surface area contributed by atoms with Gasteiger partial charge in [-0.15, -0.1) is 0 Å². The third-order valence-electron chi connectivity index (χ3n) is 6.67. The normalized spacial score (nSPS) is 12.8. The van der Waals surface area contributed by atoms with Crippen LogP contribution in [0.2, 0.25) is 0 Å². The van der Waals surface area contributed by atoms with Gasteiger partial charge in [-0.2, -0.15) is 5.10 Å². The maximum Gasteiger partial charge on any atom is 0.290 e. The van der Waals surface area contributed by atoms with Gasteiger partial charge >= 0.3 is 0 Å². The van der Waals surface area contributed by atoms with Crippen molar-refractivity contribution in [2.24, 2.45) is 0 Å². The third-order valence-corrected chi connectivity index (χ3v) is 8.48. The zero-order chi connectivity index (χ0) is 28.6. The van der Waals surface area contributed by atoms with Crippen molar-refractivity contribution in [3.63, 3.8) is 0 Å². The highest BCUT2D eigenvalue weighted by Crippen LogP contribution is 2.34. The van der Waals surface area contributed by atoms with Gasteiger partial charge in [0.25, 0.3) is 27.4 Å². The number of methoxy groups -OCH3 is 1. The van der Waals surface area contributed by atoms with Crippen molar-refractivity contribution in [2.45, 2.75) is 31.2 Å². The molecule has 2 heterocycles. The van der Waals surface area contributed by atoms with Crippen LogP contribution in [0.5, 0.6) is 5.75 Å². The second kappa shape index (κ2) is 10.5. The topological polar surface area (TPSA) is 140 Å². The van der Waals surface area contributed by atoms with Gasteiger partial charge in [0.1, 0.15) is 5.75 Å². The summed E-state index contributed by atoms with van der Waals surface area (Å²) in [5.74, 6) is -1.44. The number of carbonyl (C=O) groups is 2. The van der Waals surface area contributed by atoms with E-state index in [0.717, 1.165) is 5.56 Å². The maximum atomic E-state index is 13.5. The molecule has 1 aliphatic rings. The molecule has 40 heavy (non-hydrogen) atoms. The summed E-state index contributed by atoms with van der Waals surface area (Å²) in [7, 11) is -2.63. The molecule has 0 unspecified atom stereocenters. The van der Waals surface area contributed by atoms with E-state index in [1.165, 1.54) is 34.3 Å². The molecule has 0 aliphatic carbocycles. The first-order valence-corrected chi connectivity index (χ1v) is 14.0. The smallest absolute Gasteiger partial charge is 0.290 e. The Morgan fingerprint density at radius 1 is 0.950 bits per heavy atom. The number of rotatable bonds is 6. The Morgan fingerprint density at radius 3 is 2.35 bits per heavy atom. The predicted molar refractivity (Wildman–Crippen MR) is 149 cm³/mol. The number of hydrogen-bond acceptors (Lipinski definition) is 7. The van der Waals surface area contributed by atoms with Gasteiger partial charge in [-0.1, -0.05) is 36.4 Å². The van der Waals surface area contributed by atoms with Crippen LogP contribution in [0.15, 0.2) is 76.4 Å². The molecule has 0 radical (unpaired) electrons. The molecule has 1 aromatic heterocycles. The van der Waals surface area contributed by atoms with E-state index >= 15 is 0 Å². The molecule has 0 atom stereocenters. The first-order valence-electron chi connectivity index (χ1n) is 12.5. The van der Waals surface area contributed by atoms with Crippen LogP contribution in [0, 0.1) is 0 Å². The Morgan fingerprint density at radius 2 is 1.62 bits per heavy atom. The summed E-state index contributed by atoms with van der Waals surface area (Å²) in [6, 6.07) is 17.5. The summed E-state index contributed by atoms with van der Waals surface area (Å²) in [5, 5.41) is 4.86. The minimum absolute atomic E-state index is 0.0554. The first kappa shape index (κ1) is 26.9. The molecule has 0 saturated carbocycles. The Kier molecular flexibility index (Phi) is 7.03. The molecular formula is C28H27N5O6S. The molecular weight excluding hydrogens is 534 g/mol. The van der Waals surface area contributed by atoms with Gasteiger partial charge in [0.05, 0.1) is 34.7 Å². The van der Waals surface area contributed by atoms with Crippen LogP contribution in [-0.2, 0) is 16.4 Å². The standard InChI is InChI=1S/C28H27N5O6S/c1-17(2)33-28(36)21-10-6-5-9-20(21)25(31-33)27(35)30-29-26(34)22-16-19(12-13-24(22)39-3)40(37,38)32-15-14-18-8-4-7-11-23(18)32/h4-13,16-17H,14-15H2,1-3H3,(H,29,34)(H,30,35). The fraction of sp³-hybridized carbons (Fsp3) is 0.214. The molecule has 1 aliphatic heterocycles. The van der Waals surface area contributed by atoms with Gasteiger partial charge in [-0.05, 0) is 56.2 Å². The number of fused-ring (bicyclic) bond motifs is 2. The van der Waals surface area contributed by atoms with Crippen LogP contribution >= 0.6 is 0 Å². The number of amides is 2. The van der Waals surface area contributed by atoms with Gasteiger partial charge in [0, 0.05) is 11.9 Å². The number of para-hydroxylation sites is 1. The number of hydrazine groups is 1. The van der Waals surface area contributed by atoms with Crippen LogP contribution in [-0.4, -0.2) is 43.7 Å². The van der Waals surface area contributed by atoms with Crippen molar-refractivity contribution in [3.8, 4) is 5.75 Å². The Bertz CT molecular complexity index is 1820. The van der Waals surface area contributed by atoms with Gasteiger partial charge in [0.15, 0.2) is 5.69 Å². The third kappa shape index (κ3) is 4.66. The number of carbonyl (C=O) groups excluding carboxylic acids is 2. The highest BCUT2D eigenvalue weighted by Gasteiger charge is 2.31. The number of hydrogen-bond donors (Lipinski definition) is 2. The molecule has 3 aromatic carbocycles. The lowest BCUT2D eigenvalue weighted by atomic mass is 10.1. The number of sulfonamides is 1. The summed E-state index contributed by atoms with van der Waals surface area (Å²) >= 11 is 0. The maximum absolute atomic E-state index is 13.5. The number of ether oxygens (including phenoxy) is 1. The molecule has 2 amide bonds. The van der Waals surface area contributed by atoms with E-state index in [2.05, 4.69) is 16.0 Å². The van der Waals surface area contributed by atoms with Gasteiger partial charge < -0.3 is 4.74 Å². The largest absolute Gasteiger partial charge is 0.496 e. The van der Waals surface area contributed by atoms with Crippen LogP contribution < -0.4 is 25.5 Å². The average molecular weight is 562 g/mol. The number of anilines is 1. The van der Waals surface area contributed by atoms with E-state index in [0.29, 0.717) is 22.9 Å². The van der Waals surface area contributed by atoms with E-state index in [1.807, 2.05) is 12.1 Å². The van der Waals surface area contributed by atoms with Crippen molar-refractivity contribution in [2.75, 3.05) is 18.0 Å². The molecule has 12 heteroatoms. The second-order valence-electron chi connectivity index (χ2n) is 9.46. The highest BCUT2D eigenvalue weighted by molar-refractivity contribution is 7.92. The van der Waals surface area contributed by atoms with Crippen molar-refractivity contribution < 1.29 is 22.7 Å². The minimum atomic E-state index is -3.98. The number of nitrogens with one attached hydrogen (secondary N) is 2. The van der Waals surface area contributed by atoms with Crippen LogP contribution in [0.4, 0.5) is 5.69 Å². The predicted octanol–water partition coefficient (Wildman–Crippen LogP) is 2.81. The van der Waals surface area contributed by atoms with Gasteiger partial charge in [-0.3, -0.25) is 29.5 Å². The van der Waals surface area contributed by atoms with Crippen LogP contribution in [0.3, 0.4) is 0 Å². The summed E-state index contributed by atoms with van der Waals surface area (Å²) in [6.45, 7) is 3.81. The van der Waals surface area contributed by atoms with E-state index in [4.69, 9.17) is 4.74 Å². The monoisotopic (exact) mass is 561 g/mol. The molecule has 0 saturated heterocycles. The van der Waals surface area contributed by atoms with E-state index < -0.39 is 21.8 Å². The SMILES string of the molecule is COc1ccc(S(=O)(=O)N2CCc3ccccc32)cc1C(=O)NNC(=O)c1nn(C(C)C)c(=O)c2ccccc12. The molecule has 0 bridgehead atoms. The highest BCUT2D eigenvalue weighted by atomic mass is 32.2. The van der Waals surface area contributed by atoms with Crippen molar-refractivity contribution in [1.82, 2.24) is 20.6 Å². The molecule has 5 rings (SSSR count). The van der Waals surface area contributed by atoms with Crippen LogP contribution in [0.25, 0.3) is 10.8 Å². The Balaban J connectivity index is 1.42. The first-order chi connectivity index (χ1) is 19.1. The van der Waals surface area contributed by atoms with Crippen molar-refractivity contribution >= 4 is 38.3 Å². The zero-order valence-corrected chi connectivity index (χ0v) is 22.9.